The van der Waals surface area contributed by atoms with E-state index in [2.05, 4.69) is 5.32 Å². The van der Waals surface area contributed by atoms with Gasteiger partial charge >= 0.3 is 0 Å². The van der Waals surface area contributed by atoms with E-state index >= 15 is 0 Å². The van der Waals surface area contributed by atoms with Crippen LogP contribution in [-0.4, -0.2) is 17.7 Å². The number of aliphatic hydroxyl groups excluding tert-OH is 1. The van der Waals surface area contributed by atoms with Gasteiger partial charge in [0.2, 0.25) is 0 Å². The molecule has 0 saturated carbocycles. The van der Waals surface area contributed by atoms with Crippen LogP contribution in [0.25, 0.3) is 0 Å². The molecule has 2 heteroatoms. The van der Waals surface area contributed by atoms with Crippen molar-refractivity contribution in [2.75, 3.05) is 6.54 Å². The van der Waals surface area contributed by atoms with Gasteiger partial charge in [-0.15, -0.1) is 0 Å². The smallest absolute Gasteiger partial charge is 0.0880 e. The highest BCUT2D eigenvalue weighted by Gasteiger charge is 2.12. The summed E-state index contributed by atoms with van der Waals surface area (Å²) in [7, 11) is 0. The highest BCUT2D eigenvalue weighted by atomic mass is 16.3. The predicted octanol–water partition coefficient (Wildman–Crippen LogP) is 3.15. The molecule has 0 aromatic rings. The van der Waals surface area contributed by atoms with Gasteiger partial charge in [-0.25, -0.2) is 0 Å². The van der Waals surface area contributed by atoms with E-state index in [1.54, 1.807) is 6.08 Å². The first-order valence-electron chi connectivity index (χ1n) is 5.90. The van der Waals surface area contributed by atoms with Gasteiger partial charge in [0.15, 0.2) is 0 Å². The molecule has 0 radical (unpaired) electrons. The Hall–Kier alpha value is -0.500. The lowest BCUT2D eigenvalue weighted by Crippen LogP contribution is -2.20. The van der Waals surface area contributed by atoms with Gasteiger partial charge in [0, 0.05) is 12.5 Å². The Labute approximate surface area is 87.4 Å². The fraction of sp³-hybridized carbons (Fsp3) is 0.833. The van der Waals surface area contributed by atoms with Gasteiger partial charge in [-0.3, -0.25) is 0 Å². The van der Waals surface area contributed by atoms with E-state index in [-0.39, 0.29) is 0 Å². The molecule has 1 heterocycles. The number of unbranched alkanes of at least 4 members (excludes halogenated alkanes) is 2. The zero-order valence-corrected chi connectivity index (χ0v) is 9.26. The number of hydrogen-bond acceptors (Lipinski definition) is 2. The van der Waals surface area contributed by atoms with E-state index in [1.165, 1.54) is 38.6 Å². The Morgan fingerprint density at radius 2 is 2.29 bits per heavy atom. The first kappa shape index (κ1) is 11.6. The highest BCUT2D eigenvalue weighted by Crippen LogP contribution is 2.14. The van der Waals surface area contributed by atoms with E-state index in [0.29, 0.717) is 5.76 Å². The van der Waals surface area contributed by atoms with E-state index in [1.807, 2.05) is 6.92 Å². The summed E-state index contributed by atoms with van der Waals surface area (Å²) >= 11 is 0. The van der Waals surface area contributed by atoms with Crippen molar-refractivity contribution in [1.29, 1.82) is 0 Å². The van der Waals surface area contributed by atoms with Crippen molar-refractivity contribution in [1.82, 2.24) is 5.32 Å². The third-order valence-corrected chi connectivity index (χ3v) is 2.98. The molecule has 0 aromatic carbocycles. The second kappa shape index (κ2) is 6.88. The van der Waals surface area contributed by atoms with Crippen LogP contribution >= 0.6 is 0 Å². The van der Waals surface area contributed by atoms with Crippen LogP contribution in [0.3, 0.4) is 0 Å². The van der Waals surface area contributed by atoms with Crippen LogP contribution in [0.5, 0.6) is 0 Å². The van der Waals surface area contributed by atoms with Gasteiger partial charge < -0.3 is 10.4 Å². The summed E-state index contributed by atoms with van der Waals surface area (Å²) in [5.74, 6) is 0.545. The molecule has 1 unspecified atom stereocenters. The molecular weight excluding hydrogens is 174 g/mol. The SMILES string of the molecule is C/C=C(/O)CCCCCC1CCCN1. The fourth-order valence-corrected chi connectivity index (χ4v) is 2.02. The lowest BCUT2D eigenvalue weighted by Gasteiger charge is -2.08. The van der Waals surface area contributed by atoms with Crippen molar-refractivity contribution < 1.29 is 5.11 Å². The van der Waals surface area contributed by atoms with Crippen molar-refractivity contribution in [3.05, 3.63) is 11.8 Å². The van der Waals surface area contributed by atoms with E-state index in [4.69, 9.17) is 0 Å². The zero-order valence-electron chi connectivity index (χ0n) is 9.26. The molecule has 1 aliphatic rings. The molecule has 1 saturated heterocycles. The average molecular weight is 197 g/mol. The summed E-state index contributed by atoms with van der Waals surface area (Å²) in [4.78, 5) is 0. The van der Waals surface area contributed by atoms with E-state index in [9.17, 15) is 5.11 Å². The lowest BCUT2D eigenvalue weighted by molar-refractivity contribution is 0.378. The molecule has 0 spiro atoms. The minimum absolute atomic E-state index is 0.545. The summed E-state index contributed by atoms with van der Waals surface area (Å²) in [6, 6.07) is 0.783. The molecule has 14 heavy (non-hydrogen) atoms. The second-order valence-corrected chi connectivity index (χ2v) is 4.17. The normalized spacial score (nSPS) is 22.9. The molecule has 82 valence electrons. The van der Waals surface area contributed by atoms with Gasteiger partial charge in [-0.2, -0.15) is 0 Å². The van der Waals surface area contributed by atoms with Crippen molar-refractivity contribution in [3.63, 3.8) is 0 Å². The summed E-state index contributed by atoms with van der Waals surface area (Å²) in [5.41, 5.74) is 0. The van der Waals surface area contributed by atoms with Crippen molar-refractivity contribution in [2.45, 2.75) is 57.9 Å². The third-order valence-electron chi connectivity index (χ3n) is 2.98. The van der Waals surface area contributed by atoms with Crippen molar-refractivity contribution in [2.24, 2.45) is 0 Å². The molecule has 0 aromatic heterocycles. The Balaban J connectivity index is 1.89. The van der Waals surface area contributed by atoms with Crippen LogP contribution in [0.1, 0.15) is 51.9 Å². The molecule has 2 N–H and O–H groups in total. The van der Waals surface area contributed by atoms with Crippen molar-refractivity contribution >= 4 is 0 Å². The summed E-state index contributed by atoms with van der Waals surface area (Å²) < 4.78 is 0. The van der Waals surface area contributed by atoms with Crippen LogP contribution in [0, 0.1) is 0 Å². The van der Waals surface area contributed by atoms with Gasteiger partial charge in [-0.1, -0.05) is 12.8 Å². The minimum atomic E-state index is 0.545. The third kappa shape index (κ3) is 4.66. The highest BCUT2D eigenvalue weighted by molar-refractivity contribution is 4.86. The molecule has 1 fully saturated rings. The first-order chi connectivity index (χ1) is 6.83. The maximum Gasteiger partial charge on any atom is 0.0880 e. The Morgan fingerprint density at radius 3 is 2.93 bits per heavy atom. The van der Waals surface area contributed by atoms with Crippen LogP contribution in [-0.2, 0) is 0 Å². The Morgan fingerprint density at radius 1 is 1.43 bits per heavy atom. The lowest BCUT2D eigenvalue weighted by atomic mass is 10.1. The number of rotatable bonds is 6. The molecule has 0 aliphatic carbocycles. The van der Waals surface area contributed by atoms with Gasteiger partial charge in [0.05, 0.1) is 5.76 Å². The van der Waals surface area contributed by atoms with Gasteiger partial charge in [0.1, 0.15) is 0 Å². The van der Waals surface area contributed by atoms with Crippen LogP contribution in [0.2, 0.25) is 0 Å². The fourth-order valence-electron chi connectivity index (χ4n) is 2.02. The molecule has 0 amide bonds. The molecule has 1 atom stereocenters. The average Bonchev–Trinajstić information content (AvgIpc) is 2.69. The standard InChI is InChI=1S/C12H23NO/c1-2-12(14)9-5-3-4-7-11-8-6-10-13-11/h2,11,13-14H,3-10H2,1H3/b12-2+. The van der Waals surface area contributed by atoms with Crippen molar-refractivity contribution in [3.8, 4) is 0 Å². The number of allylic oxidation sites excluding steroid dienone is 2. The monoisotopic (exact) mass is 197 g/mol. The molecule has 2 nitrogen and oxygen atoms in total. The maximum absolute atomic E-state index is 9.22. The Bertz CT molecular complexity index is 171. The van der Waals surface area contributed by atoms with Gasteiger partial charge in [-0.05, 0) is 45.2 Å². The summed E-state index contributed by atoms with van der Waals surface area (Å²) in [6.45, 7) is 3.10. The molecule has 1 aliphatic heterocycles. The number of aliphatic hydroxyl groups is 1. The zero-order chi connectivity index (χ0) is 10.2. The quantitative estimate of drug-likeness (QED) is 0.506. The van der Waals surface area contributed by atoms with Crippen LogP contribution in [0.4, 0.5) is 0 Å². The van der Waals surface area contributed by atoms with Crippen LogP contribution in [0.15, 0.2) is 11.8 Å². The minimum Gasteiger partial charge on any atom is -0.513 e. The molecule has 1 rings (SSSR count). The van der Waals surface area contributed by atoms with Crippen LogP contribution < -0.4 is 5.32 Å². The number of hydrogen-bond donors (Lipinski definition) is 2. The van der Waals surface area contributed by atoms with E-state index in [0.717, 1.165) is 18.9 Å². The summed E-state index contributed by atoms with van der Waals surface area (Å²) in [5, 5.41) is 12.7. The summed E-state index contributed by atoms with van der Waals surface area (Å²) in [6.07, 6.45) is 10.3. The second-order valence-electron chi connectivity index (χ2n) is 4.17. The Kier molecular flexibility index (Phi) is 5.69. The maximum atomic E-state index is 9.22. The largest absolute Gasteiger partial charge is 0.513 e. The topological polar surface area (TPSA) is 32.3 Å². The first-order valence-corrected chi connectivity index (χ1v) is 5.90. The van der Waals surface area contributed by atoms with Gasteiger partial charge in [0.25, 0.3) is 0 Å². The number of nitrogens with one attached hydrogen (secondary N) is 1. The predicted molar refractivity (Wildman–Crippen MR) is 60.5 cm³/mol. The molecule has 0 bridgehead atoms. The molecular formula is C12H23NO. The van der Waals surface area contributed by atoms with E-state index < -0.39 is 0 Å².